The van der Waals surface area contributed by atoms with E-state index in [9.17, 15) is 4.39 Å². The van der Waals surface area contributed by atoms with E-state index in [0.29, 0.717) is 15.8 Å². The summed E-state index contributed by atoms with van der Waals surface area (Å²) in [6, 6.07) is 3.43. The molecule has 88 valence electrons. The zero-order valence-electron chi connectivity index (χ0n) is 9.44. The minimum atomic E-state index is -0.277. The lowest BCUT2D eigenvalue weighted by Crippen LogP contribution is -2.34. The molecule has 1 saturated heterocycles. The molecule has 0 amide bonds. The summed E-state index contributed by atoms with van der Waals surface area (Å²) in [5, 5.41) is 3.35. The van der Waals surface area contributed by atoms with Crippen LogP contribution in [0.25, 0.3) is 0 Å². The zero-order chi connectivity index (χ0) is 11.8. The number of benzene rings is 1. The van der Waals surface area contributed by atoms with Gasteiger partial charge in [0.2, 0.25) is 0 Å². The predicted molar refractivity (Wildman–Crippen MR) is 65.2 cm³/mol. The van der Waals surface area contributed by atoms with Gasteiger partial charge in [-0.3, -0.25) is 0 Å². The molecule has 0 aromatic heterocycles. The fourth-order valence-corrected chi connectivity index (χ4v) is 2.65. The maximum absolute atomic E-state index is 14.1. The fraction of sp³-hybridized carbons (Fsp3) is 0.500. The number of ether oxygens (including phenoxy) is 1. The summed E-state index contributed by atoms with van der Waals surface area (Å²) in [5.41, 5.74) is 0.400. The molecule has 1 N–H and O–H groups in total. The minimum absolute atomic E-state index is 0.197. The van der Waals surface area contributed by atoms with E-state index in [1.165, 1.54) is 0 Å². The van der Waals surface area contributed by atoms with Crippen molar-refractivity contribution in [3.8, 4) is 5.75 Å². The van der Waals surface area contributed by atoms with E-state index in [0.717, 1.165) is 19.4 Å². The summed E-state index contributed by atoms with van der Waals surface area (Å²) in [5.74, 6) is 0.482. The number of halogens is 2. The van der Waals surface area contributed by atoms with Crippen molar-refractivity contribution in [2.24, 2.45) is 0 Å². The highest BCUT2D eigenvalue weighted by atomic mass is 79.9. The van der Waals surface area contributed by atoms with Gasteiger partial charge in [-0.15, -0.1) is 0 Å². The fourth-order valence-electron chi connectivity index (χ4n) is 2.21. The van der Waals surface area contributed by atoms with Gasteiger partial charge in [-0.25, -0.2) is 4.39 Å². The second kappa shape index (κ2) is 4.34. The molecule has 2 rings (SSSR count). The Bertz CT molecular complexity index is 402. The maximum atomic E-state index is 14.1. The van der Waals surface area contributed by atoms with Crippen LogP contribution >= 0.6 is 15.9 Å². The summed E-state index contributed by atoms with van der Waals surface area (Å²) >= 11 is 3.23. The van der Waals surface area contributed by atoms with E-state index in [4.69, 9.17) is 4.74 Å². The van der Waals surface area contributed by atoms with E-state index in [1.807, 2.05) is 6.92 Å². The van der Waals surface area contributed by atoms with E-state index < -0.39 is 0 Å². The monoisotopic (exact) mass is 287 g/mol. The van der Waals surface area contributed by atoms with Gasteiger partial charge in [-0.2, -0.15) is 0 Å². The lowest BCUT2D eigenvalue weighted by Gasteiger charge is -2.26. The molecule has 2 nitrogen and oxygen atoms in total. The first kappa shape index (κ1) is 11.9. The second-order valence-corrected chi connectivity index (χ2v) is 5.19. The highest BCUT2D eigenvalue weighted by Crippen LogP contribution is 2.37. The molecule has 0 spiro atoms. The molecule has 1 aliphatic rings. The Balaban J connectivity index is 2.50. The Morgan fingerprint density at radius 1 is 1.50 bits per heavy atom. The normalized spacial score (nSPS) is 24.8. The maximum Gasteiger partial charge on any atom is 0.142 e. The molecule has 1 heterocycles. The SMILES string of the molecule is COc1cc(Br)c(F)c(C2(C)CCCN2)c1. The summed E-state index contributed by atoms with van der Waals surface area (Å²) in [4.78, 5) is 0. The molecule has 16 heavy (non-hydrogen) atoms. The molecule has 1 atom stereocenters. The average Bonchev–Trinajstić information content (AvgIpc) is 2.70. The van der Waals surface area contributed by atoms with Gasteiger partial charge in [-0.1, -0.05) is 0 Å². The van der Waals surface area contributed by atoms with Crippen LogP contribution in [0.4, 0.5) is 4.39 Å². The van der Waals surface area contributed by atoms with Crippen LogP contribution in [0.1, 0.15) is 25.3 Å². The average molecular weight is 288 g/mol. The number of nitrogens with one attached hydrogen (secondary N) is 1. The van der Waals surface area contributed by atoms with Gasteiger partial charge in [0, 0.05) is 11.1 Å². The van der Waals surface area contributed by atoms with Gasteiger partial charge in [0.25, 0.3) is 0 Å². The lowest BCUT2D eigenvalue weighted by molar-refractivity contribution is 0.390. The number of hydrogen-bond donors (Lipinski definition) is 1. The van der Waals surface area contributed by atoms with E-state index in [2.05, 4.69) is 21.2 Å². The van der Waals surface area contributed by atoms with Crippen LogP contribution in [0, 0.1) is 5.82 Å². The van der Waals surface area contributed by atoms with Crippen LogP contribution in [-0.2, 0) is 5.54 Å². The van der Waals surface area contributed by atoms with Gasteiger partial charge >= 0.3 is 0 Å². The van der Waals surface area contributed by atoms with Crippen molar-refractivity contribution >= 4 is 15.9 Å². The molecule has 1 aromatic carbocycles. The quantitative estimate of drug-likeness (QED) is 0.902. The highest BCUT2D eigenvalue weighted by molar-refractivity contribution is 9.10. The summed E-state index contributed by atoms with van der Waals surface area (Å²) < 4.78 is 19.7. The Hall–Kier alpha value is -0.610. The third-order valence-electron chi connectivity index (χ3n) is 3.20. The second-order valence-electron chi connectivity index (χ2n) is 4.33. The smallest absolute Gasteiger partial charge is 0.142 e. The van der Waals surface area contributed by atoms with Crippen molar-refractivity contribution in [3.05, 3.63) is 28.0 Å². The molecule has 1 aliphatic heterocycles. The third-order valence-corrected chi connectivity index (χ3v) is 3.78. The first-order chi connectivity index (χ1) is 7.57. The van der Waals surface area contributed by atoms with Crippen LogP contribution in [0.15, 0.2) is 16.6 Å². The molecule has 0 radical (unpaired) electrons. The van der Waals surface area contributed by atoms with Crippen LogP contribution in [0.5, 0.6) is 5.75 Å². The van der Waals surface area contributed by atoms with E-state index in [-0.39, 0.29) is 11.4 Å². The van der Waals surface area contributed by atoms with Crippen molar-refractivity contribution in [2.45, 2.75) is 25.3 Å². The van der Waals surface area contributed by atoms with Crippen molar-refractivity contribution in [1.29, 1.82) is 0 Å². The standard InChI is InChI=1S/C12H15BrFNO/c1-12(4-3-5-15-12)9-6-8(16-2)7-10(13)11(9)14/h6-7,15H,3-5H2,1-2H3. The number of rotatable bonds is 2. The molecule has 1 fully saturated rings. The van der Waals surface area contributed by atoms with Gasteiger partial charge < -0.3 is 10.1 Å². The number of methoxy groups -OCH3 is 1. The van der Waals surface area contributed by atoms with Crippen LogP contribution in [0.3, 0.4) is 0 Å². The molecule has 4 heteroatoms. The van der Waals surface area contributed by atoms with Gasteiger partial charge in [0.1, 0.15) is 11.6 Å². The predicted octanol–water partition coefficient (Wildman–Crippen LogP) is 3.20. The van der Waals surface area contributed by atoms with Crippen molar-refractivity contribution in [2.75, 3.05) is 13.7 Å². The summed E-state index contributed by atoms with van der Waals surface area (Å²) in [7, 11) is 1.59. The largest absolute Gasteiger partial charge is 0.497 e. The Labute approximate surface area is 103 Å². The van der Waals surface area contributed by atoms with E-state index >= 15 is 0 Å². The Morgan fingerprint density at radius 3 is 2.81 bits per heavy atom. The zero-order valence-corrected chi connectivity index (χ0v) is 11.0. The topological polar surface area (TPSA) is 21.3 Å². The summed E-state index contributed by atoms with van der Waals surface area (Å²) in [6.45, 7) is 2.97. The minimum Gasteiger partial charge on any atom is -0.497 e. The van der Waals surface area contributed by atoms with Crippen molar-refractivity contribution in [3.63, 3.8) is 0 Å². The lowest BCUT2D eigenvalue weighted by atomic mass is 9.90. The van der Waals surface area contributed by atoms with Crippen LogP contribution in [-0.4, -0.2) is 13.7 Å². The molecule has 1 unspecified atom stereocenters. The van der Waals surface area contributed by atoms with E-state index in [1.54, 1.807) is 19.2 Å². The third kappa shape index (κ3) is 1.96. The van der Waals surface area contributed by atoms with Crippen molar-refractivity contribution in [1.82, 2.24) is 5.32 Å². The molecular formula is C12H15BrFNO. The first-order valence-corrected chi connectivity index (χ1v) is 6.15. The number of hydrogen-bond acceptors (Lipinski definition) is 2. The van der Waals surface area contributed by atoms with Crippen LogP contribution in [0.2, 0.25) is 0 Å². The molecule has 1 aromatic rings. The van der Waals surface area contributed by atoms with Gasteiger partial charge in [0.05, 0.1) is 11.6 Å². The van der Waals surface area contributed by atoms with Gasteiger partial charge in [0.15, 0.2) is 0 Å². The first-order valence-electron chi connectivity index (χ1n) is 5.35. The Kier molecular flexibility index (Phi) is 3.22. The molecule has 0 aliphatic carbocycles. The van der Waals surface area contributed by atoms with Gasteiger partial charge in [-0.05, 0) is 54.4 Å². The molecule has 0 bridgehead atoms. The molecular weight excluding hydrogens is 273 g/mol. The Morgan fingerprint density at radius 2 is 2.25 bits per heavy atom. The summed E-state index contributed by atoms with van der Waals surface area (Å²) in [6.07, 6.45) is 2.02. The van der Waals surface area contributed by atoms with Crippen LogP contribution < -0.4 is 10.1 Å². The highest BCUT2D eigenvalue weighted by Gasteiger charge is 2.33. The molecule has 0 saturated carbocycles. The van der Waals surface area contributed by atoms with Crippen molar-refractivity contribution < 1.29 is 9.13 Å².